The van der Waals surface area contributed by atoms with Crippen LogP contribution < -0.4 is 4.72 Å². The van der Waals surface area contributed by atoms with Crippen molar-refractivity contribution in [3.63, 3.8) is 0 Å². The second kappa shape index (κ2) is 8.92. The molecule has 0 spiro atoms. The second-order valence-electron chi connectivity index (χ2n) is 7.31. The Balaban J connectivity index is 2.05. The smallest absolute Gasteiger partial charge is 0.240 e. The van der Waals surface area contributed by atoms with Gasteiger partial charge in [0.1, 0.15) is 0 Å². The van der Waals surface area contributed by atoms with Crippen LogP contribution >= 0.6 is 0 Å². The molecule has 2 rings (SSSR count). The van der Waals surface area contributed by atoms with Gasteiger partial charge in [0, 0.05) is 18.2 Å². The number of hydrogen-bond acceptors (Lipinski definition) is 4. The van der Waals surface area contributed by atoms with E-state index in [0.717, 1.165) is 19.5 Å². The van der Waals surface area contributed by atoms with E-state index in [4.69, 9.17) is 0 Å². The highest BCUT2D eigenvalue weighted by molar-refractivity contribution is 7.89. The molecule has 1 aromatic rings. The number of carbonyl (C=O) groups is 1. The van der Waals surface area contributed by atoms with Gasteiger partial charge in [0.15, 0.2) is 5.78 Å². The molecule has 1 heterocycles. The summed E-state index contributed by atoms with van der Waals surface area (Å²) in [7, 11) is -3.56. The monoisotopic (exact) mass is 366 g/mol. The number of sulfonamides is 1. The first-order valence-electron chi connectivity index (χ1n) is 9.14. The standard InChI is InChI=1S/C19H30N2O3S/c1-15(2)13-18(21-11-5-4-6-12-21)14-20-25(23,24)19-9-7-17(8-10-19)16(3)22/h7-10,15,18,20H,4-6,11-14H2,1-3H3. The molecule has 0 aromatic heterocycles. The van der Waals surface area contributed by atoms with Crippen LogP contribution in [0.3, 0.4) is 0 Å². The molecule has 0 aliphatic carbocycles. The van der Waals surface area contributed by atoms with Crippen molar-refractivity contribution in [1.82, 2.24) is 9.62 Å². The lowest BCUT2D eigenvalue weighted by Gasteiger charge is -2.35. The van der Waals surface area contributed by atoms with Crippen LogP contribution in [-0.4, -0.2) is 44.8 Å². The van der Waals surface area contributed by atoms with Gasteiger partial charge in [-0.15, -0.1) is 0 Å². The Labute approximate surface area is 151 Å². The van der Waals surface area contributed by atoms with Crippen LogP contribution in [-0.2, 0) is 10.0 Å². The van der Waals surface area contributed by atoms with Gasteiger partial charge >= 0.3 is 0 Å². The molecule has 25 heavy (non-hydrogen) atoms. The van der Waals surface area contributed by atoms with Crippen molar-refractivity contribution in [2.75, 3.05) is 19.6 Å². The van der Waals surface area contributed by atoms with Crippen molar-refractivity contribution in [3.05, 3.63) is 29.8 Å². The molecule has 6 heteroatoms. The maximum Gasteiger partial charge on any atom is 0.240 e. The Morgan fingerprint density at radius 3 is 2.24 bits per heavy atom. The van der Waals surface area contributed by atoms with Crippen LogP contribution in [0.4, 0.5) is 0 Å². The summed E-state index contributed by atoms with van der Waals surface area (Å²) in [4.78, 5) is 14.0. The Morgan fingerprint density at radius 2 is 1.72 bits per heavy atom. The van der Waals surface area contributed by atoms with Gasteiger partial charge in [-0.1, -0.05) is 32.4 Å². The normalized spacial score (nSPS) is 17.6. The van der Waals surface area contributed by atoms with E-state index in [2.05, 4.69) is 23.5 Å². The van der Waals surface area contributed by atoms with Crippen molar-refractivity contribution in [2.24, 2.45) is 5.92 Å². The van der Waals surface area contributed by atoms with Gasteiger partial charge in [-0.2, -0.15) is 0 Å². The molecule has 0 saturated carbocycles. The number of carbonyl (C=O) groups excluding carboxylic acids is 1. The van der Waals surface area contributed by atoms with Crippen molar-refractivity contribution in [2.45, 2.75) is 57.4 Å². The fraction of sp³-hybridized carbons (Fsp3) is 0.632. The molecule has 1 atom stereocenters. The van der Waals surface area contributed by atoms with Gasteiger partial charge in [-0.3, -0.25) is 9.69 Å². The first-order chi connectivity index (χ1) is 11.8. The average Bonchev–Trinajstić information content (AvgIpc) is 2.59. The van der Waals surface area contributed by atoms with Gasteiger partial charge < -0.3 is 0 Å². The molecule has 0 amide bonds. The summed E-state index contributed by atoms with van der Waals surface area (Å²) < 4.78 is 27.9. The molecular formula is C19H30N2O3S. The summed E-state index contributed by atoms with van der Waals surface area (Å²) >= 11 is 0. The lowest BCUT2D eigenvalue weighted by Crippen LogP contribution is -2.46. The fourth-order valence-electron chi connectivity index (χ4n) is 3.35. The first kappa shape index (κ1) is 20.1. The minimum Gasteiger partial charge on any atom is -0.299 e. The molecule has 1 saturated heterocycles. The Morgan fingerprint density at radius 1 is 1.12 bits per heavy atom. The minimum atomic E-state index is -3.56. The fourth-order valence-corrected chi connectivity index (χ4v) is 4.42. The lowest BCUT2D eigenvalue weighted by atomic mass is 10.00. The van der Waals surface area contributed by atoms with Gasteiger partial charge in [0.2, 0.25) is 10.0 Å². The van der Waals surface area contributed by atoms with E-state index >= 15 is 0 Å². The molecule has 1 fully saturated rings. The van der Waals surface area contributed by atoms with Gasteiger partial charge in [0.25, 0.3) is 0 Å². The van der Waals surface area contributed by atoms with Crippen molar-refractivity contribution in [1.29, 1.82) is 0 Å². The van der Waals surface area contributed by atoms with Crippen LogP contribution in [0.5, 0.6) is 0 Å². The zero-order valence-corrected chi connectivity index (χ0v) is 16.3. The summed E-state index contributed by atoms with van der Waals surface area (Å²) in [6.45, 7) is 8.34. The molecule has 5 nitrogen and oxygen atoms in total. The summed E-state index contributed by atoms with van der Waals surface area (Å²) in [5, 5.41) is 0. The molecule has 140 valence electrons. The molecule has 0 radical (unpaired) electrons. The molecular weight excluding hydrogens is 336 g/mol. The molecule has 1 aromatic carbocycles. The molecule has 1 N–H and O–H groups in total. The number of ketones is 1. The maximum absolute atomic E-state index is 12.6. The molecule has 1 aliphatic heterocycles. The summed E-state index contributed by atoms with van der Waals surface area (Å²) in [5.74, 6) is 0.449. The number of hydrogen-bond donors (Lipinski definition) is 1. The number of nitrogens with one attached hydrogen (secondary N) is 1. The van der Waals surface area contributed by atoms with Crippen molar-refractivity contribution >= 4 is 15.8 Å². The average molecular weight is 367 g/mol. The summed E-state index contributed by atoms with van der Waals surface area (Å²) in [6, 6.07) is 6.35. The van der Waals surface area contributed by atoms with Crippen LogP contribution in [0.25, 0.3) is 0 Å². The summed E-state index contributed by atoms with van der Waals surface area (Å²) in [5.41, 5.74) is 0.518. The lowest BCUT2D eigenvalue weighted by molar-refractivity contribution is 0.101. The number of Topliss-reactive ketones (excluding diaryl/α,β-unsaturated/α-hetero) is 1. The van der Waals surface area contributed by atoms with Gasteiger partial charge in [-0.05, 0) is 57.3 Å². The zero-order valence-electron chi connectivity index (χ0n) is 15.5. The second-order valence-corrected chi connectivity index (χ2v) is 9.08. The van der Waals surface area contributed by atoms with Gasteiger partial charge in [0.05, 0.1) is 4.90 Å². The van der Waals surface area contributed by atoms with Crippen molar-refractivity contribution in [3.8, 4) is 0 Å². The third kappa shape index (κ3) is 5.90. The Kier molecular flexibility index (Phi) is 7.16. The number of likely N-dealkylation sites (tertiary alicyclic amines) is 1. The van der Waals surface area contributed by atoms with E-state index in [0.29, 0.717) is 18.0 Å². The van der Waals surface area contributed by atoms with Crippen LogP contribution in [0.15, 0.2) is 29.2 Å². The van der Waals surface area contributed by atoms with Crippen LogP contribution in [0, 0.1) is 5.92 Å². The Bertz CT molecular complexity index is 662. The summed E-state index contributed by atoms with van der Waals surface area (Å²) in [6.07, 6.45) is 4.62. The Hall–Kier alpha value is -1.24. The zero-order chi connectivity index (χ0) is 18.4. The first-order valence-corrected chi connectivity index (χ1v) is 10.6. The topological polar surface area (TPSA) is 66.5 Å². The predicted molar refractivity (Wildman–Crippen MR) is 100 cm³/mol. The van der Waals surface area contributed by atoms with E-state index in [1.54, 1.807) is 12.1 Å². The molecule has 1 aliphatic rings. The van der Waals surface area contributed by atoms with E-state index < -0.39 is 10.0 Å². The highest BCUT2D eigenvalue weighted by atomic mass is 32.2. The third-order valence-corrected chi connectivity index (χ3v) is 6.17. The van der Waals surface area contributed by atoms with Crippen molar-refractivity contribution < 1.29 is 13.2 Å². The number of nitrogens with zero attached hydrogens (tertiary/aromatic N) is 1. The van der Waals surface area contributed by atoms with E-state index in [1.807, 2.05) is 0 Å². The minimum absolute atomic E-state index is 0.0704. The van der Waals surface area contributed by atoms with E-state index in [-0.39, 0.29) is 16.7 Å². The number of piperidine rings is 1. The SMILES string of the molecule is CC(=O)c1ccc(S(=O)(=O)NCC(CC(C)C)N2CCCCC2)cc1. The molecule has 1 unspecified atom stereocenters. The molecule has 0 bridgehead atoms. The van der Waals surface area contributed by atoms with E-state index in [9.17, 15) is 13.2 Å². The predicted octanol–water partition coefficient (Wildman–Crippen LogP) is 3.07. The van der Waals surface area contributed by atoms with E-state index in [1.165, 1.54) is 38.3 Å². The third-order valence-electron chi connectivity index (χ3n) is 4.73. The van der Waals surface area contributed by atoms with Gasteiger partial charge in [-0.25, -0.2) is 13.1 Å². The highest BCUT2D eigenvalue weighted by Crippen LogP contribution is 2.18. The number of rotatable bonds is 8. The quantitative estimate of drug-likeness (QED) is 0.718. The highest BCUT2D eigenvalue weighted by Gasteiger charge is 2.24. The maximum atomic E-state index is 12.6. The van der Waals surface area contributed by atoms with Crippen LogP contribution in [0.2, 0.25) is 0 Å². The largest absolute Gasteiger partial charge is 0.299 e. The number of benzene rings is 1. The van der Waals surface area contributed by atoms with Crippen LogP contribution in [0.1, 0.15) is 56.8 Å².